The third-order valence-corrected chi connectivity index (χ3v) is 6.80. The lowest BCUT2D eigenvalue weighted by Gasteiger charge is -2.33. The summed E-state index contributed by atoms with van der Waals surface area (Å²) in [4.78, 5) is 35.2. The van der Waals surface area contributed by atoms with E-state index < -0.39 is 0 Å². The number of ether oxygens (including phenoxy) is 1. The number of nitrogen functional groups attached to an aromatic ring is 1. The van der Waals surface area contributed by atoms with Gasteiger partial charge >= 0.3 is 0 Å². The summed E-state index contributed by atoms with van der Waals surface area (Å²) in [5.41, 5.74) is 7.89. The second-order valence-electron chi connectivity index (χ2n) is 9.40. The van der Waals surface area contributed by atoms with E-state index in [-0.39, 0.29) is 24.5 Å². The van der Waals surface area contributed by atoms with Gasteiger partial charge in [0.15, 0.2) is 0 Å². The van der Waals surface area contributed by atoms with Crippen LogP contribution in [0, 0.1) is 0 Å². The van der Waals surface area contributed by atoms with Crippen LogP contribution in [0.25, 0.3) is 0 Å². The van der Waals surface area contributed by atoms with Crippen molar-refractivity contribution >= 4 is 17.6 Å². The second kappa shape index (κ2) is 12.9. The monoisotopic (exact) mass is 500 g/mol. The lowest BCUT2D eigenvalue weighted by Crippen LogP contribution is -2.46. The zero-order valence-corrected chi connectivity index (χ0v) is 21.5. The summed E-state index contributed by atoms with van der Waals surface area (Å²) < 4.78 is 6.33. The molecule has 0 unspecified atom stereocenters. The number of anilines is 1. The highest BCUT2D eigenvalue weighted by Gasteiger charge is 2.28. The average Bonchev–Trinajstić information content (AvgIpc) is 2.92. The molecule has 0 aliphatic carbocycles. The molecule has 0 spiro atoms. The third-order valence-electron chi connectivity index (χ3n) is 6.80. The molecule has 7 heteroatoms. The highest BCUT2D eigenvalue weighted by atomic mass is 16.5. The molecule has 0 bridgehead atoms. The number of benzene rings is 2. The molecule has 2 N–H and O–H groups in total. The van der Waals surface area contributed by atoms with Gasteiger partial charge in [-0.1, -0.05) is 61.4 Å². The Morgan fingerprint density at radius 1 is 0.946 bits per heavy atom. The molecule has 1 atom stereocenters. The Balaban J connectivity index is 1.69. The van der Waals surface area contributed by atoms with Crippen molar-refractivity contribution in [2.24, 2.45) is 0 Å². The van der Waals surface area contributed by atoms with Crippen LogP contribution in [0.3, 0.4) is 0 Å². The van der Waals surface area contributed by atoms with Gasteiger partial charge in [0, 0.05) is 19.6 Å². The quantitative estimate of drug-likeness (QED) is 0.554. The number of fused-ring (bicyclic) bond motifs is 1. The fraction of sp³-hybridized carbons (Fsp3) is 0.367. The average molecular weight is 501 g/mol. The fourth-order valence-corrected chi connectivity index (χ4v) is 4.78. The number of hydrogen-bond acceptors (Lipinski definition) is 5. The van der Waals surface area contributed by atoms with Crippen LogP contribution in [0.5, 0.6) is 5.75 Å². The van der Waals surface area contributed by atoms with E-state index in [0.29, 0.717) is 48.9 Å². The molecule has 37 heavy (non-hydrogen) atoms. The number of amides is 2. The van der Waals surface area contributed by atoms with E-state index in [1.165, 1.54) is 0 Å². The number of para-hydroxylation sites is 1. The van der Waals surface area contributed by atoms with E-state index in [0.717, 1.165) is 31.2 Å². The Hall–Kier alpha value is -3.87. The van der Waals surface area contributed by atoms with Gasteiger partial charge in [0.2, 0.25) is 0 Å². The molecule has 0 radical (unpaired) electrons. The Labute approximate surface area is 219 Å². The van der Waals surface area contributed by atoms with Crippen LogP contribution in [0.2, 0.25) is 0 Å². The maximum absolute atomic E-state index is 13.8. The summed E-state index contributed by atoms with van der Waals surface area (Å²) >= 11 is 0. The predicted molar refractivity (Wildman–Crippen MR) is 146 cm³/mol. The smallest absolute Gasteiger partial charge is 0.272 e. The molecule has 2 amide bonds. The summed E-state index contributed by atoms with van der Waals surface area (Å²) in [5, 5.41) is 0. The number of hydrogen-bond donors (Lipinski definition) is 1. The largest absolute Gasteiger partial charge is 0.491 e. The SMILES string of the molecule is CCN1CCCCCCN(C(=O)c2cccc(N)n2)[C@@H](Cc2ccccc2)COc2ccccc2C1=O. The zero-order valence-electron chi connectivity index (χ0n) is 21.5. The lowest BCUT2D eigenvalue weighted by molar-refractivity contribution is 0.0592. The summed E-state index contributed by atoms with van der Waals surface area (Å²) in [6.45, 7) is 4.21. The molecule has 0 fully saturated rings. The topological polar surface area (TPSA) is 88.8 Å². The Morgan fingerprint density at radius 2 is 1.68 bits per heavy atom. The molecule has 2 heterocycles. The van der Waals surface area contributed by atoms with Gasteiger partial charge in [0.25, 0.3) is 11.8 Å². The first-order valence-electron chi connectivity index (χ1n) is 13.2. The highest BCUT2D eigenvalue weighted by Crippen LogP contribution is 2.23. The summed E-state index contributed by atoms with van der Waals surface area (Å²) in [6, 6.07) is 22.4. The molecule has 3 aromatic rings. The van der Waals surface area contributed by atoms with Crippen LogP contribution >= 0.6 is 0 Å². The first-order chi connectivity index (χ1) is 18.1. The maximum atomic E-state index is 13.8. The van der Waals surface area contributed by atoms with E-state index in [1.54, 1.807) is 18.2 Å². The van der Waals surface area contributed by atoms with Gasteiger partial charge in [-0.05, 0) is 56.0 Å². The number of nitrogens with two attached hydrogens (primary N) is 1. The summed E-state index contributed by atoms with van der Waals surface area (Å²) in [6.07, 6.45) is 4.35. The minimum Gasteiger partial charge on any atom is -0.491 e. The first kappa shape index (κ1) is 26.2. The fourth-order valence-electron chi connectivity index (χ4n) is 4.78. The summed E-state index contributed by atoms with van der Waals surface area (Å²) in [7, 11) is 0. The van der Waals surface area contributed by atoms with Crippen LogP contribution < -0.4 is 10.5 Å². The number of rotatable bonds is 4. The number of aromatic nitrogens is 1. The van der Waals surface area contributed by atoms with E-state index >= 15 is 0 Å². The van der Waals surface area contributed by atoms with Crippen molar-refractivity contribution in [3.8, 4) is 5.75 Å². The van der Waals surface area contributed by atoms with Crippen molar-refractivity contribution in [2.75, 3.05) is 32.0 Å². The number of carbonyl (C=O) groups excluding carboxylic acids is 2. The highest BCUT2D eigenvalue weighted by molar-refractivity contribution is 5.97. The molecule has 194 valence electrons. The molecule has 7 nitrogen and oxygen atoms in total. The second-order valence-corrected chi connectivity index (χ2v) is 9.40. The van der Waals surface area contributed by atoms with E-state index in [9.17, 15) is 9.59 Å². The minimum absolute atomic E-state index is 0.0216. The molecular weight excluding hydrogens is 464 g/mol. The number of pyridine rings is 1. The molecule has 2 aromatic carbocycles. The maximum Gasteiger partial charge on any atom is 0.272 e. The van der Waals surface area contributed by atoms with Crippen LogP contribution in [0.1, 0.15) is 59.0 Å². The van der Waals surface area contributed by atoms with Gasteiger partial charge in [-0.2, -0.15) is 0 Å². The van der Waals surface area contributed by atoms with Gasteiger partial charge in [-0.3, -0.25) is 9.59 Å². The lowest BCUT2D eigenvalue weighted by atomic mass is 10.0. The van der Waals surface area contributed by atoms with Crippen LogP contribution in [-0.4, -0.2) is 58.9 Å². The molecule has 1 aliphatic rings. The zero-order chi connectivity index (χ0) is 26.0. The molecule has 4 rings (SSSR count). The van der Waals surface area contributed by atoms with Crippen LogP contribution in [0.4, 0.5) is 5.82 Å². The van der Waals surface area contributed by atoms with Gasteiger partial charge in [-0.25, -0.2) is 4.98 Å². The Morgan fingerprint density at radius 3 is 2.43 bits per heavy atom. The van der Waals surface area contributed by atoms with Gasteiger partial charge in [0.1, 0.15) is 23.9 Å². The number of nitrogens with zero attached hydrogens (tertiary/aromatic N) is 3. The van der Waals surface area contributed by atoms with Crippen molar-refractivity contribution in [1.82, 2.24) is 14.8 Å². The Kier molecular flexibility index (Phi) is 9.13. The standard InChI is InChI=1S/C30H36N4O3/c1-2-33-19-10-3-4-11-20-34(30(36)26-16-12-18-28(31)32-26)24(21-23-13-6-5-7-14-23)22-37-27-17-9-8-15-25(27)29(33)35/h5-9,12-18,24H,2-4,10-11,19-22H2,1H3,(H2,31,32)/t24-/m0/s1. The summed E-state index contributed by atoms with van der Waals surface area (Å²) in [5.74, 6) is 0.671. The van der Waals surface area contributed by atoms with Crippen molar-refractivity contribution in [3.05, 3.63) is 89.6 Å². The number of carbonyl (C=O) groups is 2. The molecular formula is C30H36N4O3. The van der Waals surface area contributed by atoms with E-state index in [4.69, 9.17) is 10.5 Å². The van der Waals surface area contributed by atoms with Gasteiger partial charge in [-0.15, -0.1) is 0 Å². The molecule has 0 saturated carbocycles. The van der Waals surface area contributed by atoms with Crippen molar-refractivity contribution in [3.63, 3.8) is 0 Å². The third kappa shape index (κ3) is 6.88. The first-order valence-corrected chi connectivity index (χ1v) is 13.2. The van der Waals surface area contributed by atoms with Crippen molar-refractivity contribution < 1.29 is 14.3 Å². The minimum atomic E-state index is -0.258. The van der Waals surface area contributed by atoms with Crippen molar-refractivity contribution in [2.45, 2.75) is 45.1 Å². The normalized spacial score (nSPS) is 17.4. The van der Waals surface area contributed by atoms with E-state index in [2.05, 4.69) is 17.1 Å². The van der Waals surface area contributed by atoms with Crippen LogP contribution in [0.15, 0.2) is 72.8 Å². The molecule has 1 aromatic heterocycles. The van der Waals surface area contributed by atoms with Gasteiger partial charge < -0.3 is 20.3 Å². The predicted octanol–water partition coefficient (Wildman–Crippen LogP) is 4.83. The van der Waals surface area contributed by atoms with Crippen molar-refractivity contribution in [1.29, 1.82) is 0 Å². The van der Waals surface area contributed by atoms with Crippen LogP contribution in [-0.2, 0) is 6.42 Å². The Bertz CT molecular complexity index is 1180. The molecule has 0 saturated heterocycles. The van der Waals surface area contributed by atoms with E-state index in [1.807, 2.05) is 59.2 Å². The molecule has 1 aliphatic heterocycles. The van der Waals surface area contributed by atoms with Gasteiger partial charge in [0.05, 0.1) is 11.6 Å².